The number of nitrogens with one attached hydrogen (secondary N) is 1. The molecule has 0 bridgehead atoms. The van der Waals surface area contributed by atoms with Gasteiger partial charge in [0.2, 0.25) is 10.0 Å². The second-order valence-corrected chi connectivity index (χ2v) is 11.0. The van der Waals surface area contributed by atoms with E-state index >= 15 is 0 Å². The lowest BCUT2D eigenvalue weighted by Crippen LogP contribution is -2.35. The maximum Gasteiger partial charge on any atom is 0.244 e. The predicted octanol–water partition coefficient (Wildman–Crippen LogP) is 5.08. The number of aromatic nitrogens is 2. The minimum atomic E-state index is -3.85. The van der Waals surface area contributed by atoms with Crippen molar-refractivity contribution in [1.29, 1.82) is 0 Å². The summed E-state index contributed by atoms with van der Waals surface area (Å²) in [5.74, 6) is -0.0362. The van der Waals surface area contributed by atoms with Gasteiger partial charge in [-0.3, -0.25) is 0 Å². The highest BCUT2D eigenvalue weighted by Crippen LogP contribution is 2.32. The SMILES string of the molecule is O=S(=O)(c1cc(-c2ncc(-c3ccc(Br)c(F)c3)[nH]2)ccc1Cl)N1CCCCC(CO)C1. The molecule has 2 heterocycles. The number of aliphatic hydroxyl groups excluding tert-OH is 1. The molecule has 0 saturated carbocycles. The van der Waals surface area contributed by atoms with Crippen molar-refractivity contribution >= 4 is 37.6 Å². The van der Waals surface area contributed by atoms with E-state index in [-0.39, 0.29) is 29.0 Å². The third kappa shape index (κ3) is 4.77. The van der Waals surface area contributed by atoms with Crippen molar-refractivity contribution in [2.75, 3.05) is 19.7 Å². The molecule has 3 aromatic rings. The lowest BCUT2D eigenvalue weighted by molar-refractivity contribution is 0.204. The Morgan fingerprint density at radius 1 is 1.22 bits per heavy atom. The quantitative estimate of drug-likeness (QED) is 0.471. The normalized spacial score (nSPS) is 17.9. The number of aromatic amines is 1. The summed E-state index contributed by atoms with van der Waals surface area (Å²) < 4.78 is 42.4. The van der Waals surface area contributed by atoms with Crippen LogP contribution in [-0.4, -0.2) is 47.5 Å². The zero-order valence-corrected chi connectivity index (χ0v) is 20.2. The molecule has 1 fully saturated rings. The van der Waals surface area contributed by atoms with E-state index in [1.165, 1.54) is 22.5 Å². The summed E-state index contributed by atoms with van der Waals surface area (Å²) in [6.07, 6.45) is 3.97. The van der Waals surface area contributed by atoms with Gasteiger partial charge in [0.1, 0.15) is 16.5 Å². The Morgan fingerprint density at radius 3 is 2.75 bits per heavy atom. The molecule has 0 spiro atoms. The van der Waals surface area contributed by atoms with Gasteiger partial charge in [0.15, 0.2) is 0 Å². The number of halogens is 3. The van der Waals surface area contributed by atoms with Crippen LogP contribution >= 0.6 is 27.5 Å². The minimum absolute atomic E-state index is 0.00268. The summed E-state index contributed by atoms with van der Waals surface area (Å²) in [5.41, 5.74) is 1.76. The van der Waals surface area contributed by atoms with Gasteiger partial charge in [0.25, 0.3) is 0 Å². The van der Waals surface area contributed by atoms with Crippen LogP contribution in [0.15, 0.2) is 52.0 Å². The van der Waals surface area contributed by atoms with Crippen LogP contribution in [-0.2, 0) is 10.0 Å². The van der Waals surface area contributed by atoms with Gasteiger partial charge >= 0.3 is 0 Å². The van der Waals surface area contributed by atoms with Crippen molar-refractivity contribution in [2.24, 2.45) is 5.92 Å². The Bertz CT molecular complexity index is 1230. The molecule has 0 amide bonds. The zero-order chi connectivity index (χ0) is 22.9. The standard InChI is InChI=1S/C22H22BrClFN3O3S/c23-17-6-4-15(9-19(17)25)20-11-26-22(27-20)16-5-7-18(24)21(10-16)32(30,31)28-8-2-1-3-14(12-28)13-29/h4-7,9-11,14,29H,1-3,8,12-13H2,(H,26,27). The van der Waals surface area contributed by atoms with E-state index in [4.69, 9.17) is 11.6 Å². The molecule has 4 rings (SSSR count). The molecule has 170 valence electrons. The lowest BCUT2D eigenvalue weighted by atomic mass is 10.1. The predicted molar refractivity (Wildman–Crippen MR) is 125 cm³/mol. The van der Waals surface area contributed by atoms with E-state index in [0.717, 1.165) is 19.3 Å². The first-order valence-corrected chi connectivity index (χ1v) is 12.8. The molecule has 6 nitrogen and oxygen atoms in total. The number of hydrogen-bond donors (Lipinski definition) is 2. The maximum atomic E-state index is 13.9. The van der Waals surface area contributed by atoms with Gasteiger partial charge in [-0.05, 0) is 65.0 Å². The van der Waals surface area contributed by atoms with Crippen LogP contribution < -0.4 is 0 Å². The highest BCUT2D eigenvalue weighted by Gasteiger charge is 2.30. The van der Waals surface area contributed by atoms with Crippen LogP contribution in [0.3, 0.4) is 0 Å². The topological polar surface area (TPSA) is 86.3 Å². The first-order chi connectivity index (χ1) is 15.3. The molecular formula is C22H22BrClFN3O3S. The summed E-state index contributed by atoms with van der Waals surface area (Å²) in [5, 5.41) is 9.69. The number of rotatable bonds is 5. The molecular weight excluding hydrogens is 521 g/mol. The van der Waals surface area contributed by atoms with E-state index in [2.05, 4.69) is 25.9 Å². The van der Waals surface area contributed by atoms with Gasteiger partial charge in [-0.1, -0.05) is 24.1 Å². The first kappa shape index (κ1) is 23.4. The van der Waals surface area contributed by atoms with Crippen LogP contribution in [0.2, 0.25) is 5.02 Å². The number of H-pyrrole nitrogens is 1. The third-order valence-electron chi connectivity index (χ3n) is 5.62. The van der Waals surface area contributed by atoms with Crippen molar-refractivity contribution in [1.82, 2.24) is 14.3 Å². The van der Waals surface area contributed by atoms with Crippen molar-refractivity contribution in [3.63, 3.8) is 0 Å². The van der Waals surface area contributed by atoms with Crippen molar-refractivity contribution < 1.29 is 17.9 Å². The fraction of sp³-hybridized carbons (Fsp3) is 0.318. The fourth-order valence-electron chi connectivity index (χ4n) is 3.82. The van der Waals surface area contributed by atoms with Gasteiger partial charge in [-0.2, -0.15) is 4.31 Å². The molecule has 1 atom stereocenters. The number of benzene rings is 2. The zero-order valence-electron chi connectivity index (χ0n) is 17.1. The van der Waals surface area contributed by atoms with E-state index in [0.29, 0.717) is 33.7 Å². The third-order valence-corrected chi connectivity index (χ3v) is 8.61. The van der Waals surface area contributed by atoms with Crippen molar-refractivity contribution in [2.45, 2.75) is 24.2 Å². The number of imidazole rings is 1. The molecule has 10 heteroatoms. The molecule has 2 N–H and O–H groups in total. The summed E-state index contributed by atoms with van der Waals surface area (Å²) in [6.45, 7) is 0.602. The number of sulfonamides is 1. The van der Waals surface area contributed by atoms with Crippen LogP contribution in [0, 0.1) is 11.7 Å². The first-order valence-electron chi connectivity index (χ1n) is 10.2. The van der Waals surface area contributed by atoms with E-state index in [1.54, 1.807) is 24.4 Å². The Balaban J connectivity index is 1.67. The molecule has 1 aromatic heterocycles. The second-order valence-electron chi connectivity index (χ2n) is 7.83. The molecule has 2 aromatic carbocycles. The largest absolute Gasteiger partial charge is 0.396 e. The highest BCUT2D eigenvalue weighted by atomic mass is 79.9. The Labute approximate surface area is 199 Å². The summed E-state index contributed by atoms with van der Waals surface area (Å²) >= 11 is 9.43. The van der Waals surface area contributed by atoms with Crippen LogP contribution in [0.4, 0.5) is 4.39 Å². The highest BCUT2D eigenvalue weighted by molar-refractivity contribution is 9.10. The van der Waals surface area contributed by atoms with Gasteiger partial charge in [0, 0.05) is 30.8 Å². The average molecular weight is 543 g/mol. The van der Waals surface area contributed by atoms with E-state index < -0.39 is 15.8 Å². The van der Waals surface area contributed by atoms with Crippen molar-refractivity contribution in [3.05, 3.63) is 57.9 Å². The summed E-state index contributed by atoms with van der Waals surface area (Å²) in [7, 11) is -3.85. The van der Waals surface area contributed by atoms with Gasteiger partial charge in [-0.25, -0.2) is 17.8 Å². The fourth-order valence-corrected chi connectivity index (χ4v) is 6.13. The average Bonchev–Trinajstić information content (AvgIpc) is 3.13. The Kier molecular flexibility index (Phi) is 7.02. The molecule has 0 aliphatic carbocycles. The monoisotopic (exact) mass is 541 g/mol. The molecule has 1 saturated heterocycles. The Morgan fingerprint density at radius 2 is 2.00 bits per heavy atom. The number of aliphatic hydroxyl groups is 1. The summed E-state index contributed by atoms with van der Waals surface area (Å²) in [4.78, 5) is 7.47. The smallest absolute Gasteiger partial charge is 0.244 e. The Hall–Kier alpha value is -1.78. The van der Waals surface area contributed by atoms with E-state index in [1.807, 2.05) is 0 Å². The number of nitrogens with zero attached hydrogens (tertiary/aromatic N) is 2. The molecule has 1 unspecified atom stereocenters. The molecule has 1 aliphatic heterocycles. The van der Waals surface area contributed by atoms with Gasteiger partial charge in [0.05, 0.1) is 21.4 Å². The summed E-state index contributed by atoms with van der Waals surface area (Å²) in [6, 6.07) is 9.47. The number of hydrogen-bond acceptors (Lipinski definition) is 4. The molecule has 0 radical (unpaired) electrons. The maximum absolute atomic E-state index is 13.9. The van der Waals surface area contributed by atoms with E-state index in [9.17, 15) is 17.9 Å². The minimum Gasteiger partial charge on any atom is -0.396 e. The van der Waals surface area contributed by atoms with Gasteiger partial charge < -0.3 is 10.1 Å². The van der Waals surface area contributed by atoms with Crippen molar-refractivity contribution in [3.8, 4) is 22.6 Å². The van der Waals surface area contributed by atoms with Crippen LogP contribution in [0.1, 0.15) is 19.3 Å². The molecule has 1 aliphatic rings. The van der Waals surface area contributed by atoms with Gasteiger partial charge in [-0.15, -0.1) is 0 Å². The molecule has 32 heavy (non-hydrogen) atoms. The second kappa shape index (κ2) is 9.61. The lowest BCUT2D eigenvalue weighted by Gasteiger charge is -2.23. The van der Waals surface area contributed by atoms with Crippen LogP contribution in [0.25, 0.3) is 22.6 Å². The van der Waals surface area contributed by atoms with Crippen LogP contribution in [0.5, 0.6) is 0 Å².